The zero-order chi connectivity index (χ0) is 17.7. The number of nitrogens with zero attached hydrogens (tertiary/aromatic N) is 1. The molecule has 1 aromatic rings. The molecular formula is C15H20N2O6S. The van der Waals surface area contributed by atoms with E-state index >= 15 is 0 Å². The van der Waals surface area contributed by atoms with E-state index < -0.39 is 27.9 Å². The van der Waals surface area contributed by atoms with Gasteiger partial charge in [0.15, 0.2) is 0 Å². The Morgan fingerprint density at radius 2 is 2.00 bits per heavy atom. The van der Waals surface area contributed by atoms with Crippen LogP contribution in [0.15, 0.2) is 29.2 Å². The highest BCUT2D eigenvalue weighted by Crippen LogP contribution is 2.18. The molecule has 2 N–H and O–H groups in total. The Bertz CT molecular complexity index is 712. The third-order valence-corrected chi connectivity index (χ3v) is 5.61. The molecule has 24 heavy (non-hydrogen) atoms. The second-order valence-electron chi connectivity index (χ2n) is 5.32. The zero-order valence-electron chi connectivity index (χ0n) is 13.3. The number of ether oxygens (including phenoxy) is 1. The number of hydrogen-bond donors (Lipinski definition) is 2. The maximum atomic E-state index is 12.6. The second-order valence-corrected chi connectivity index (χ2v) is 7.25. The fourth-order valence-corrected chi connectivity index (χ4v) is 3.77. The van der Waals surface area contributed by atoms with Gasteiger partial charge < -0.3 is 15.2 Å². The maximum absolute atomic E-state index is 12.6. The third kappa shape index (κ3) is 4.11. The lowest BCUT2D eigenvalue weighted by atomic mass is 10.1. The molecule has 1 saturated heterocycles. The van der Waals surface area contributed by atoms with E-state index in [1.165, 1.54) is 28.6 Å². The molecule has 0 saturated carbocycles. The summed E-state index contributed by atoms with van der Waals surface area (Å²) in [6.45, 7) is 2.82. The zero-order valence-corrected chi connectivity index (χ0v) is 14.1. The van der Waals surface area contributed by atoms with Crippen LogP contribution >= 0.6 is 0 Å². The lowest BCUT2D eigenvalue weighted by Crippen LogP contribution is -2.41. The highest BCUT2D eigenvalue weighted by Gasteiger charge is 2.27. The summed E-state index contributed by atoms with van der Waals surface area (Å²) in [7, 11) is -3.71. The highest BCUT2D eigenvalue weighted by atomic mass is 32.2. The number of carbonyl (C=O) groups excluding carboxylic acids is 1. The van der Waals surface area contributed by atoms with Gasteiger partial charge in [-0.1, -0.05) is 13.0 Å². The molecule has 1 aromatic carbocycles. The Morgan fingerprint density at radius 3 is 2.58 bits per heavy atom. The van der Waals surface area contributed by atoms with Gasteiger partial charge in [-0.05, 0) is 24.6 Å². The van der Waals surface area contributed by atoms with Gasteiger partial charge in [-0.2, -0.15) is 4.31 Å². The molecule has 1 amide bonds. The van der Waals surface area contributed by atoms with Gasteiger partial charge in [0.2, 0.25) is 10.0 Å². The second kappa shape index (κ2) is 7.73. The van der Waals surface area contributed by atoms with E-state index in [0.29, 0.717) is 13.2 Å². The van der Waals surface area contributed by atoms with Crippen LogP contribution in [0, 0.1) is 0 Å². The van der Waals surface area contributed by atoms with E-state index in [1.807, 2.05) is 0 Å². The first kappa shape index (κ1) is 18.4. The van der Waals surface area contributed by atoms with Crippen molar-refractivity contribution in [2.75, 3.05) is 26.3 Å². The summed E-state index contributed by atoms with van der Waals surface area (Å²) >= 11 is 0. The van der Waals surface area contributed by atoms with Crippen molar-refractivity contribution in [3.8, 4) is 0 Å². The summed E-state index contributed by atoms with van der Waals surface area (Å²) in [5.74, 6) is -1.76. The Morgan fingerprint density at radius 1 is 1.33 bits per heavy atom. The van der Waals surface area contributed by atoms with Gasteiger partial charge in [0.25, 0.3) is 5.91 Å². The molecular weight excluding hydrogens is 336 g/mol. The topological polar surface area (TPSA) is 113 Å². The van der Waals surface area contributed by atoms with Crippen molar-refractivity contribution in [3.63, 3.8) is 0 Å². The highest BCUT2D eigenvalue weighted by molar-refractivity contribution is 7.89. The number of sulfonamides is 1. The van der Waals surface area contributed by atoms with Crippen LogP contribution in [-0.4, -0.2) is 62.1 Å². The number of carboxylic acid groups (broad SMARTS) is 1. The summed E-state index contributed by atoms with van der Waals surface area (Å²) in [5.41, 5.74) is 0.101. The Labute approximate surface area is 140 Å². The fourth-order valence-electron chi connectivity index (χ4n) is 2.31. The van der Waals surface area contributed by atoms with Crippen molar-refractivity contribution in [1.82, 2.24) is 9.62 Å². The molecule has 0 aliphatic carbocycles. The molecule has 1 heterocycles. The fraction of sp³-hybridized carbons (Fsp3) is 0.467. The van der Waals surface area contributed by atoms with E-state index in [0.717, 1.165) is 0 Å². The van der Waals surface area contributed by atoms with Crippen LogP contribution < -0.4 is 5.32 Å². The van der Waals surface area contributed by atoms with E-state index in [4.69, 9.17) is 9.84 Å². The predicted molar refractivity (Wildman–Crippen MR) is 85.2 cm³/mol. The molecule has 0 spiro atoms. The lowest BCUT2D eigenvalue weighted by Gasteiger charge is -2.26. The average molecular weight is 356 g/mol. The van der Waals surface area contributed by atoms with Crippen molar-refractivity contribution >= 4 is 21.9 Å². The number of hydrogen-bond acceptors (Lipinski definition) is 5. The third-order valence-electron chi connectivity index (χ3n) is 3.72. The van der Waals surface area contributed by atoms with Gasteiger partial charge in [0, 0.05) is 18.7 Å². The number of aliphatic carboxylic acids is 1. The van der Waals surface area contributed by atoms with Gasteiger partial charge in [-0.25, -0.2) is 13.2 Å². The molecule has 0 bridgehead atoms. The summed E-state index contributed by atoms with van der Waals surface area (Å²) in [6.07, 6.45) is 0.229. The van der Waals surface area contributed by atoms with Gasteiger partial charge in [0.1, 0.15) is 6.04 Å². The predicted octanol–water partition coefficient (Wildman–Crippen LogP) is 0.301. The van der Waals surface area contributed by atoms with Gasteiger partial charge in [-0.15, -0.1) is 0 Å². The van der Waals surface area contributed by atoms with Crippen LogP contribution in [0.1, 0.15) is 23.7 Å². The monoisotopic (exact) mass is 356 g/mol. The number of morpholine rings is 1. The average Bonchev–Trinajstić information content (AvgIpc) is 2.60. The lowest BCUT2D eigenvalue weighted by molar-refractivity contribution is -0.139. The van der Waals surface area contributed by atoms with E-state index in [9.17, 15) is 18.0 Å². The molecule has 1 aliphatic rings. The molecule has 132 valence electrons. The first-order chi connectivity index (χ1) is 11.4. The van der Waals surface area contributed by atoms with Crippen LogP contribution in [0.25, 0.3) is 0 Å². The molecule has 9 heteroatoms. The van der Waals surface area contributed by atoms with Crippen LogP contribution in [0.2, 0.25) is 0 Å². The Balaban J connectivity index is 2.22. The quantitative estimate of drug-likeness (QED) is 0.758. The van der Waals surface area contributed by atoms with Crippen LogP contribution in [-0.2, 0) is 19.6 Å². The van der Waals surface area contributed by atoms with Crippen LogP contribution in [0.4, 0.5) is 0 Å². The van der Waals surface area contributed by atoms with Crippen molar-refractivity contribution in [2.45, 2.75) is 24.3 Å². The standard InChI is InChI=1S/C15H20N2O6S/c1-2-13(15(19)20)16-14(18)11-4-3-5-12(10-11)24(21,22)17-6-8-23-9-7-17/h3-5,10,13H,2,6-9H2,1H3,(H,16,18)(H,19,20). The molecule has 2 rings (SSSR count). The first-order valence-corrected chi connectivity index (χ1v) is 9.02. The summed E-state index contributed by atoms with van der Waals surface area (Å²) < 4.78 is 31.6. The van der Waals surface area contributed by atoms with Crippen molar-refractivity contribution in [2.24, 2.45) is 0 Å². The summed E-state index contributed by atoms with van der Waals surface area (Å²) in [4.78, 5) is 23.2. The number of nitrogens with one attached hydrogen (secondary N) is 1. The Hall–Kier alpha value is -1.97. The molecule has 8 nitrogen and oxygen atoms in total. The normalized spacial score (nSPS) is 17.2. The van der Waals surface area contributed by atoms with E-state index in [-0.39, 0.29) is 30.0 Å². The largest absolute Gasteiger partial charge is 0.480 e. The molecule has 1 unspecified atom stereocenters. The minimum Gasteiger partial charge on any atom is -0.480 e. The molecule has 1 fully saturated rings. The first-order valence-electron chi connectivity index (χ1n) is 7.58. The smallest absolute Gasteiger partial charge is 0.326 e. The molecule has 0 aromatic heterocycles. The molecule has 1 atom stereocenters. The summed E-state index contributed by atoms with van der Waals surface area (Å²) in [6, 6.07) is 4.56. The van der Waals surface area contributed by atoms with Crippen LogP contribution in [0.5, 0.6) is 0 Å². The van der Waals surface area contributed by atoms with E-state index in [1.54, 1.807) is 6.92 Å². The minimum atomic E-state index is -3.71. The van der Waals surface area contributed by atoms with Gasteiger partial charge in [0.05, 0.1) is 18.1 Å². The van der Waals surface area contributed by atoms with Crippen LogP contribution in [0.3, 0.4) is 0 Å². The molecule has 1 aliphatic heterocycles. The van der Waals surface area contributed by atoms with Crippen molar-refractivity contribution in [3.05, 3.63) is 29.8 Å². The molecule has 0 radical (unpaired) electrons. The number of benzene rings is 1. The van der Waals surface area contributed by atoms with Gasteiger partial charge >= 0.3 is 5.97 Å². The number of carboxylic acids is 1. The summed E-state index contributed by atoms with van der Waals surface area (Å²) in [5, 5.41) is 11.4. The minimum absolute atomic E-state index is 0.000392. The SMILES string of the molecule is CCC(NC(=O)c1cccc(S(=O)(=O)N2CCOCC2)c1)C(=O)O. The number of amides is 1. The van der Waals surface area contributed by atoms with Crippen molar-refractivity contribution in [1.29, 1.82) is 0 Å². The Kier molecular flexibility index (Phi) is 5.92. The number of carbonyl (C=O) groups is 2. The van der Waals surface area contributed by atoms with Crippen molar-refractivity contribution < 1.29 is 27.9 Å². The maximum Gasteiger partial charge on any atom is 0.326 e. The van der Waals surface area contributed by atoms with E-state index in [2.05, 4.69) is 5.32 Å². The number of rotatable bonds is 6. The van der Waals surface area contributed by atoms with Gasteiger partial charge in [-0.3, -0.25) is 4.79 Å².